The summed E-state index contributed by atoms with van der Waals surface area (Å²) in [6.45, 7) is 0.359. The van der Waals surface area contributed by atoms with E-state index in [9.17, 15) is 9.59 Å². The molecule has 1 saturated heterocycles. The lowest BCUT2D eigenvalue weighted by molar-refractivity contribution is 0.0950. The SMILES string of the molecule is O=C(c1cc2ccc(N(c3ccccc3)c3ccccc3)cc2oc1=O)C1CO1. The molecule has 0 bridgehead atoms. The van der Waals surface area contributed by atoms with Gasteiger partial charge in [-0.15, -0.1) is 0 Å². The highest BCUT2D eigenvalue weighted by Crippen LogP contribution is 2.35. The zero-order valence-electron chi connectivity index (χ0n) is 15.4. The summed E-state index contributed by atoms with van der Waals surface area (Å²) in [4.78, 5) is 26.7. The second-order valence-corrected chi connectivity index (χ2v) is 6.86. The molecule has 1 unspecified atom stereocenters. The summed E-state index contributed by atoms with van der Waals surface area (Å²) >= 11 is 0. The van der Waals surface area contributed by atoms with Gasteiger partial charge in [-0.05, 0) is 42.5 Å². The second-order valence-electron chi connectivity index (χ2n) is 6.86. The van der Waals surface area contributed by atoms with Gasteiger partial charge in [0.15, 0.2) is 0 Å². The molecule has 0 radical (unpaired) electrons. The number of epoxide rings is 1. The maximum atomic E-state index is 12.4. The maximum absolute atomic E-state index is 12.4. The van der Waals surface area contributed by atoms with Crippen molar-refractivity contribution < 1.29 is 13.9 Å². The number of Topliss-reactive ketones (excluding diaryl/α,β-unsaturated/α-hetero) is 1. The molecule has 5 rings (SSSR count). The Morgan fingerprint density at radius 3 is 2.03 bits per heavy atom. The van der Waals surface area contributed by atoms with Gasteiger partial charge in [-0.3, -0.25) is 4.79 Å². The molecule has 5 heteroatoms. The first-order valence-electron chi connectivity index (χ1n) is 9.35. The lowest BCUT2D eigenvalue weighted by atomic mass is 10.1. The van der Waals surface area contributed by atoms with Crippen LogP contribution in [0.4, 0.5) is 17.1 Å². The highest BCUT2D eigenvalue weighted by atomic mass is 16.6. The third-order valence-corrected chi connectivity index (χ3v) is 4.90. The van der Waals surface area contributed by atoms with Crippen LogP contribution in [0, 0.1) is 0 Å². The van der Waals surface area contributed by atoms with Crippen LogP contribution in [0.25, 0.3) is 11.0 Å². The normalized spacial score (nSPS) is 15.2. The fourth-order valence-corrected chi connectivity index (χ4v) is 3.39. The molecule has 0 N–H and O–H groups in total. The molecule has 1 aliphatic rings. The van der Waals surface area contributed by atoms with Crippen molar-refractivity contribution in [1.29, 1.82) is 0 Å². The Hall–Kier alpha value is -3.70. The van der Waals surface area contributed by atoms with Crippen molar-refractivity contribution in [2.45, 2.75) is 6.10 Å². The van der Waals surface area contributed by atoms with Crippen LogP contribution in [0.2, 0.25) is 0 Å². The molecule has 1 aliphatic heterocycles. The van der Waals surface area contributed by atoms with E-state index in [-0.39, 0.29) is 11.3 Å². The van der Waals surface area contributed by atoms with Crippen LogP contribution in [0.5, 0.6) is 0 Å². The minimum Gasteiger partial charge on any atom is -0.422 e. The zero-order valence-corrected chi connectivity index (χ0v) is 15.4. The van der Waals surface area contributed by atoms with Crippen molar-refractivity contribution in [3.05, 3.63) is 101 Å². The van der Waals surface area contributed by atoms with Crippen molar-refractivity contribution in [2.24, 2.45) is 0 Å². The van der Waals surface area contributed by atoms with E-state index in [2.05, 4.69) is 4.90 Å². The number of benzene rings is 3. The molecule has 2 heterocycles. The Labute approximate surface area is 166 Å². The van der Waals surface area contributed by atoms with Crippen molar-refractivity contribution in [3.8, 4) is 0 Å². The summed E-state index contributed by atoms with van der Waals surface area (Å²) in [5, 5.41) is 0.693. The fraction of sp³-hybridized carbons (Fsp3) is 0.0833. The Morgan fingerprint density at radius 2 is 1.45 bits per heavy atom. The van der Waals surface area contributed by atoms with Gasteiger partial charge < -0.3 is 14.1 Å². The largest absolute Gasteiger partial charge is 0.422 e. The number of carbonyl (C=O) groups is 1. The zero-order chi connectivity index (χ0) is 19.8. The average Bonchev–Trinajstić information content (AvgIpc) is 3.60. The number of ketones is 1. The Kier molecular flexibility index (Phi) is 4.22. The number of rotatable bonds is 5. The van der Waals surface area contributed by atoms with E-state index in [4.69, 9.17) is 9.15 Å². The van der Waals surface area contributed by atoms with E-state index in [1.54, 1.807) is 6.07 Å². The number of anilines is 3. The van der Waals surface area contributed by atoms with Crippen molar-refractivity contribution in [2.75, 3.05) is 11.5 Å². The lowest BCUT2D eigenvalue weighted by Gasteiger charge is -2.25. The molecule has 3 aromatic carbocycles. The van der Waals surface area contributed by atoms with Gasteiger partial charge in [0.25, 0.3) is 0 Å². The molecule has 1 aromatic heterocycles. The van der Waals surface area contributed by atoms with E-state index < -0.39 is 11.7 Å². The minimum atomic E-state index is -0.638. The lowest BCUT2D eigenvalue weighted by Crippen LogP contribution is -2.18. The van der Waals surface area contributed by atoms with Crippen LogP contribution in [0.15, 0.2) is 94.1 Å². The summed E-state index contributed by atoms with van der Waals surface area (Å²) < 4.78 is 10.5. The molecule has 4 aromatic rings. The number of fused-ring (bicyclic) bond motifs is 1. The molecule has 5 nitrogen and oxygen atoms in total. The number of nitrogens with zero attached hydrogens (tertiary/aromatic N) is 1. The summed E-state index contributed by atoms with van der Waals surface area (Å²) in [5.74, 6) is -0.320. The highest BCUT2D eigenvalue weighted by Gasteiger charge is 2.34. The quantitative estimate of drug-likeness (QED) is 0.280. The van der Waals surface area contributed by atoms with Crippen LogP contribution in [-0.2, 0) is 4.74 Å². The first-order valence-corrected chi connectivity index (χ1v) is 9.35. The molecule has 1 fully saturated rings. The van der Waals surface area contributed by atoms with Crippen LogP contribution in [0.3, 0.4) is 0 Å². The molecule has 0 aliphatic carbocycles. The first kappa shape index (κ1) is 17.4. The van der Waals surface area contributed by atoms with Gasteiger partial charge in [-0.25, -0.2) is 4.79 Å². The predicted octanol–water partition coefficient (Wildman–Crippen LogP) is 4.84. The van der Waals surface area contributed by atoms with E-state index in [0.717, 1.165) is 17.1 Å². The number of hydrogen-bond donors (Lipinski definition) is 0. The van der Waals surface area contributed by atoms with Crippen LogP contribution < -0.4 is 10.5 Å². The predicted molar refractivity (Wildman–Crippen MR) is 111 cm³/mol. The molecular formula is C24H17NO4. The Bertz CT molecular complexity index is 1200. The molecular weight excluding hydrogens is 366 g/mol. The van der Waals surface area contributed by atoms with Gasteiger partial charge in [0.05, 0.1) is 6.61 Å². The number of para-hydroxylation sites is 2. The summed E-state index contributed by atoms with van der Waals surface area (Å²) in [6.07, 6.45) is -0.513. The molecule has 0 spiro atoms. The van der Waals surface area contributed by atoms with Crippen LogP contribution >= 0.6 is 0 Å². The van der Waals surface area contributed by atoms with Gasteiger partial charge >= 0.3 is 5.63 Å². The van der Waals surface area contributed by atoms with Gasteiger partial charge in [0, 0.05) is 28.5 Å². The number of carbonyl (C=O) groups excluding carboxylic acids is 1. The maximum Gasteiger partial charge on any atom is 0.347 e. The van der Waals surface area contributed by atoms with Crippen molar-refractivity contribution in [3.63, 3.8) is 0 Å². The smallest absolute Gasteiger partial charge is 0.347 e. The monoisotopic (exact) mass is 383 g/mol. The van der Waals surface area contributed by atoms with E-state index >= 15 is 0 Å². The molecule has 29 heavy (non-hydrogen) atoms. The number of hydrogen-bond acceptors (Lipinski definition) is 5. The van der Waals surface area contributed by atoms with E-state index in [1.165, 1.54) is 0 Å². The Balaban J connectivity index is 1.63. The average molecular weight is 383 g/mol. The molecule has 142 valence electrons. The molecule has 0 saturated carbocycles. The van der Waals surface area contributed by atoms with Gasteiger partial charge in [0.2, 0.25) is 5.78 Å². The third kappa shape index (κ3) is 3.32. The number of ether oxygens (including phenoxy) is 1. The van der Waals surface area contributed by atoms with Crippen molar-refractivity contribution >= 4 is 33.8 Å². The van der Waals surface area contributed by atoms with Gasteiger partial charge in [0.1, 0.15) is 17.3 Å². The van der Waals surface area contributed by atoms with E-state index in [0.29, 0.717) is 17.6 Å². The first-order chi connectivity index (χ1) is 14.2. The fourth-order valence-electron chi connectivity index (χ4n) is 3.39. The summed E-state index contributed by atoms with van der Waals surface area (Å²) in [6, 6.07) is 27.1. The standard InChI is InChI=1S/C24H17NO4/c26-23(22-15-28-22)20-13-16-11-12-19(14-21(16)29-24(20)27)25(17-7-3-1-4-8-17)18-9-5-2-6-10-18/h1-14,22H,15H2. The molecule has 0 amide bonds. The van der Waals surface area contributed by atoms with E-state index in [1.807, 2.05) is 78.9 Å². The van der Waals surface area contributed by atoms with Gasteiger partial charge in [-0.2, -0.15) is 0 Å². The van der Waals surface area contributed by atoms with Crippen molar-refractivity contribution in [1.82, 2.24) is 0 Å². The van der Waals surface area contributed by atoms with Crippen LogP contribution in [0.1, 0.15) is 10.4 Å². The molecule has 1 atom stereocenters. The summed E-state index contributed by atoms with van der Waals surface area (Å²) in [7, 11) is 0. The highest BCUT2D eigenvalue weighted by molar-refractivity contribution is 6.02. The summed E-state index contributed by atoms with van der Waals surface area (Å²) in [5.41, 5.74) is 2.65. The minimum absolute atomic E-state index is 0.0377. The van der Waals surface area contributed by atoms with Crippen LogP contribution in [-0.4, -0.2) is 18.5 Å². The second kappa shape index (κ2) is 7.04. The topological polar surface area (TPSA) is 63.1 Å². The van der Waals surface area contributed by atoms with Gasteiger partial charge in [-0.1, -0.05) is 36.4 Å². The Morgan fingerprint density at radius 1 is 0.828 bits per heavy atom. The third-order valence-electron chi connectivity index (χ3n) is 4.90.